The van der Waals surface area contributed by atoms with E-state index in [1.54, 1.807) is 12.3 Å². The molecule has 0 bridgehead atoms. The quantitative estimate of drug-likeness (QED) is 0.0815. The number of carbonyl (C=O) groups is 1. The molecule has 0 unspecified atom stereocenters. The number of piperazine rings is 1. The first-order valence-electron chi connectivity index (χ1n) is 22.2. The number of halogens is 1. The molecule has 2 aromatic heterocycles. The summed E-state index contributed by atoms with van der Waals surface area (Å²) in [6.07, 6.45) is 6.57. The summed E-state index contributed by atoms with van der Waals surface area (Å²) < 4.78 is 47.2. The van der Waals surface area contributed by atoms with Crippen LogP contribution in [0.3, 0.4) is 0 Å². The van der Waals surface area contributed by atoms with Gasteiger partial charge in [0.2, 0.25) is 5.88 Å². The Balaban J connectivity index is 0.987. The van der Waals surface area contributed by atoms with Crippen LogP contribution in [0.25, 0.3) is 16.6 Å². The molecule has 0 radical (unpaired) electrons. The highest BCUT2D eigenvalue weighted by atomic mass is 35.5. The molecule has 2 saturated heterocycles. The molecule has 16 nitrogen and oxygen atoms in total. The maximum absolute atomic E-state index is 14.4. The van der Waals surface area contributed by atoms with Crippen molar-refractivity contribution in [2.24, 2.45) is 5.92 Å². The minimum Gasteiger partial charge on any atom is -0.476 e. The molecule has 5 aromatic rings. The van der Waals surface area contributed by atoms with Gasteiger partial charge in [0.1, 0.15) is 17.0 Å². The molecule has 0 spiro atoms. The van der Waals surface area contributed by atoms with Crippen LogP contribution in [-0.2, 0) is 19.5 Å². The van der Waals surface area contributed by atoms with Gasteiger partial charge in [-0.3, -0.25) is 19.8 Å². The summed E-state index contributed by atoms with van der Waals surface area (Å²) in [5, 5.41) is 16.7. The van der Waals surface area contributed by atoms with E-state index < -0.39 is 31.4 Å². The fourth-order valence-electron chi connectivity index (χ4n) is 9.23. The molecular weight excluding hydrogens is 872 g/mol. The molecule has 18 heteroatoms. The Labute approximate surface area is 383 Å². The summed E-state index contributed by atoms with van der Waals surface area (Å²) in [6, 6.07) is 21.0. The summed E-state index contributed by atoms with van der Waals surface area (Å²) in [7, 11) is -4.59. The van der Waals surface area contributed by atoms with E-state index in [4.69, 9.17) is 30.8 Å². The monoisotopic (exact) mass is 924 g/mol. The molecule has 1 aliphatic carbocycles. The van der Waals surface area contributed by atoms with Gasteiger partial charge in [-0.25, -0.2) is 13.1 Å². The molecule has 9 rings (SSSR count). The minimum atomic E-state index is -4.59. The highest BCUT2D eigenvalue weighted by molar-refractivity contribution is 7.90. The van der Waals surface area contributed by atoms with Gasteiger partial charge in [0.25, 0.3) is 21.6 Å². The van der Waals surface area contributed by atoms with Crippen LogP contribution in [0.1, 0.15) is 54.9 Å². The average molecular weight is 926 g/mol. The van der Waals surface area contributed by atoms with Gasteiger partial charge in [-0.1, -0.05) is 42.7 Å². The second kappa shape index (κ2) is 19.4. The molecule has 342 valence electrons. The van der Waals surface area contributed by atoms with Gasteiger partial charge in [-0.05, 0) is 97.3 Å². The fourth-order valence-corrected chi connectivity index (χ4v) is 10.3. The van der Waals surface area contributed by atoms with E-state index in [1.807, 2.05) is 41.3 Å². The molecule has 2 fully saturated rings. The molecule has 3 aromatic carbocycles. The zero-order valence-electron chi connectivity index (χ0n) is 36.3. The lowest BCUT2D eigenvalue weighted by Gasteiger charge is -2.37. The van der Waals surface area contributed by atoms with E-state index in [2.05, 4.69) is 43.9 Å². The van der Waals surface area contributed by atoms with E-state index in [-0.39, 0.29) is 23.9 Å². The van der Waals surface area contributed by atoms with Gasteiger partial charge in [-0.2, -0.15) is 4.98 Å². The second-order valence-corrected chi connectivity index (χ2v) is 19.3. The molecule has 65 heavy (non-hydrogen) atoms. The van der Waals surface area contributed by atoms with Gasteiger partial charge in [0.15, 0.2) is 0 Å². The first-order chi connectivity index (χ1) is 31.5. The average Bonchev–Trinajstić information content (AvgIpc) is 3.57. The number of ether oxygens (including phenoxy) is 3. The van der Waals surface area contributed by atoms with Crippen LogP contribution >= 0.6 is 11.6 Å². The number of pyridine rings is 1. The number of benzene rings is 3. The number of H-pyrrole nitrogens is 1. The molecule has 1 amide bonds. The molecule has 2 atom stereocenters. The highest BCUT2D eigenvalue weighted by Crippen LogP contribution is 2.41. The van der Waals surface area contributed by atoms with Crippen LogP contribution in [0.4, 0.5) is 28.4 Å². The van der Waals surface area contributed by atoms with Crippen LogP contribution in [0.2, 0.25) is 5.02 Å². The smallest absolute Gasteiger partial charge is 0.293 e. The van der Waals surface area contributed by atoms with Crippen molar-refractivity contribution in [3.05, 3.63) is 111 Å². The van der Waals surface area contributed by atoms with Crippen molar-refractivity contribution in [3.8, 4) is 5.88 Å². The largest absolute Gasteiger partial charge is 0.476 e. The zero-order valence-corrected chi connectivity index (χ0v) is 37.8. The van der Waals surface area contributed by atoms with Crippen molar-refractivity contribution in [3.63, 3.8) is 0 Å². The molecule has 5 heterocycles. The van der Waals surface area contributed by atoms with E-state index in [0.717, 1.165) is 67.7 Å². The third-order valence-electron chi connectivity index (χ3n) is 12.7. The second-order valence-electron chi connectivity index (χ2n) is 17.2. The van der Waals surface area contributed by atoms with Crippen LogP contribution in [0, 0.1) is 16.0 Å². The maximum atomic E-state index is 14.4. The van der Waals surface area contributed by atoms with Crippen LogP contribution in [0.5, 0.6) is 5.88 Å². The zero-order chi connectivity index (χ0) is 45.1. The number of hydrogen-bond acceptors (Lipinski definition) is 13. The number of hydrogen-bond donors (Lipinski definition) is 3. The number of aromatic nitrogens is 2. The van der Waals surface area contributed by atoms with Crippen LogP contribution in [-0.4, -0.2) is 112 Å². The number of carbonyl (C=O) groups excluding carboxylic acids is 1. The predicted octanol–water partition coefficient (Wildman–Crippen LogP) is 7.78. The number of nitrogens with one attached hydrogen (secondary N) is 3. The number of anilines is 4. The van der Waals surface area contributed by atoms with Gasteiger partial charge >= 0.3 is 0 Å². The number of fused-ring (bicyclic) bond motifs is 2. The summed E-state index contributed by atoms with van der Waals surface area (Å²) in [5.74, 6) is 0.112. The highest BCUT2D eigenvalue weighted by Gasteiger charge is 2.30. The van der Waals surface area contributed by atoms with E-state index >= 15 is 0 Å². The summed E-state index contributed by atoms with van der Waals surface area (Å²) in [4.78, 5) is 40.1. The topological polar surface area (TPSA) is 185 Å². The number of amides is 1. The molecule has 0 saturated carbocycles. The molecule has 3 N–H and O–H groups in total. The van der Waals surface area contributed by atoms with Gasteiger partial charge in [0, 0.05) is 74.2 Å². The van der Waals surface area contributed by atoms with E-state index in [9.17, 15) is 23.3 Å². The lowest BCUT2D eigenvalue weighted by molar-refractivity contribution is -0.384. The maximum Gasteiger partial charge on any atom is 0.293 e. The number of nitro groups is 1. The Morgan fingerprint density at radius 3 is 2.58 bits per heavy atom. The summed E-state index contributed by atoms with van der Waals surface area (Å²) >= 11 is 6.27. The summed E-state index contributed by atoms with van der Waals surface area (Å²) in [6.45, 7) is 8.67. The van der Waals surface area contributed by atoms with E-state index in [0.29, 0.717) is 68.2 Å². The number of nitro benzene ring substituents is 1. The van der Waals surface area contributed by atoms with Crippen molar-refractivity contribution in [2.75, 3.05) is 87.4 Å². The lowest BCUT2D eigenvalue weighted by Crippen LogP contribution is -2.47. The normalized spacial score (nSPS) is 19.8. The van der Waals surface area contributed by atoms with Gasteiger partial charge < -0.3 is 34.3 Å². The van der Waals surface area contributed by atoms with Crippen molar-refractivity contribution >= 4 is 72.6 Å². The molecule has 3 aliphatic heterocycles. The third-order valence-corrected chi connectivity index (χ3v) is 14.2. The predicted molar refractivity (Wildman–Crippen MR) is 251 cm³/mol. The number of nitrogens with zero attached hydrogens (tertiary/aromatic N) is 5. The first-order valence-corrected chi connectivity index (χ1v) is 24.1. The number of aromatic amines is 1. The SMILES string of the molecule is C[C@@H]1CCCC(CN2CCN(c3ccc(C(=O)NS(=O)(=O)c4ccc(NC[C@H]5COCCO5)c([N+](=O)[O-])c4)c(N4CCCOc5nc6[nH]ccc6cc54)c3)CC2)=C(c2ccc(Cl)cc2)C1. The van der Waals surface area contributed by atoms with Crippen molar-refractivity contribution in [1.29, 1.82) is 0 Å². The van der Waals surface area contributed by atoms with Crippen LogP contribution < -0.4 is 24.6 Å². The Kier molecular flexibility index (Phi) is 13.3. The minimum absolute atomic E-state index is 0.102. The molecule has 4 aliphatic rings. The first kappa shape index (κ1) is 44.5. The fraction of sp³-hybridized carbons (Fsp3) is 0.404. The number of allylic oxidation sites excluding steroid dienone is 1. The third kappa shape index (κ3) is 10.1. The lowest BCUT2D eigenvalue weighted by atomic mass is 9.92. The van der Waals surface area contributed by atoms with Crippen molar-refractivity contribution in [1.82, 2.24) is 19.6 Å². The number of rotatable bonds is 12. The number of sulfonamides is 1. The van der Waals surface area contributed by atoms with Crippen molar-refractivity contribution in [2.45, 2.75) is 50.0 Å². The van der Waals surface area contributed by atoms with Gasteiger partial charge in [0.05, 0.1) is 53.6 Å². The van der Waals surface area contributed by atoms with Gasteiger partial charge in [-0.15, -0.1) is 0 Å². The Morgan fingerprint density at radius 2 is 1.80 bits per heavy atom. The Hall–Kier alpha value is -5.72. The Morgan fingerprint density at radius 1 is 0.969 bits per heavy atom. The van der Waals surface area contributed by atoms with E-state index in [1.165, 1.54) is 41.7 Å². The Bertz CT molecular complexity index is 2700. The van der Waals surface area contributed by atoms with Crippen molar-refractivity contribution < 1.29 is 32.3 Å². The summed E-state index contributed by atoms with van der Waals surface area (Å²) in [5.41, 5.74) is 6.58. The molecular formula is C47H53ClN8O8S. The standard InChI is InChI=1S/C47H53ClN8O8S/c1-31-4-2-5-34(40(24-31)32-6-8-35(48)9-7-32)29-53-17-19-54(20-18-53)36-10-12-39(42(26-36)55-16-3-21-64-47-44(55)25-33-14-15-49-45(33)51-47)46(57)52-65(60,61)38-11-13-41(43(27-38)56(58)59)50-28-37-30-62-22-23-63-37/h6-15,25-27,31,37,50H,2-5,16-24,28-30H2,1H3,(H,49,51)(H,52,57)/t31-,37+/m1/s1. The van der Waals surface area contributed by atoms with Crippen LogP contribution in [0.15, 0.2) is 89.5 Å².